The molecule has 1 amide bonds. The smallest absolute Gasteiger partial charge is 0.290 e. The van der Waals surface area contributed by atoms with Crippen molar-refractivity contribution < 1.29 is 9.21 Å². The second-order valence-corrected chi connectivity index (χ2v) is 7.12. The maximum atomic E-state index is 13.0. The van der Waals surface area contributed by atoms with E-state index in [-0.39, 0.29) is 5.91 Å². The van der Waals surface area contributed by atoms with Crippen LogP contribution in [-0.4, -0.2) is 15.8 Å². The van der Waals surface area contributed by atoms with Gasteiger partial charge in [-0.1, -0.05) is 53.6 Å². The summed E-state index contributed by atoms with van der Waals surface area (Å²) in [5.74, 6) is 0.117. The number of carbonyl (C=O) groups excluding carboxylic acids is 1. The van der Waals surface area contributed by atoms with Crippen LogP contribution in [0.5, 0.6) is 0 Å². The van der Waals surface area contributed by atoms with Crippen molar-refractivity contribution in [2.24, 2.45) is 0 Å². The fourth-order valence-electron chi connectivity index (χ4n) is 3.19. The number of furan rings is 1. The van der Waals surface area contributed by atoms with E-state index in [0.717, 1.165) is 27.6 Å². The van der Waals surface area contributed by atoms with E-state index in [4.69, 9.17) is 16.0 Å². The Kier molecular flexibility index (Phi) is 5.13. The van der Waals surface area contributed by atoms with E-state index in [1.165, 1.54) is 6.26 Å². The van der Waals surface area contributed by atoms with Gasteiger partial charge in [0.2, 0.25) is 0 Å². The first-order valence-corrected chi connectivity index (χ1v) is 9.40. The van der Waals surface area contributed by atoms with Crippen molar-refractivity contribution in [2.75, 3.05) is 0 Å². The summed E-state index contributed by atoms with van der Waals surface area (Å²) in [4.78, 5) is 19.2. The van der Waals surface area contributed by atoms with Gasteiger partial charge < -0.3 is 9.32 Å². The quantitative estimate of drug-likeness (QED) is 0.415. The average molecular weight is 391 g/mol. The molecule has 0 fully saturated rings. The van der Waals surface area contributed by atoms with E-state index in [9.17, 15) is 4.79 Å². The lowest BCUT2D eigenvalue weighted by Crippen LogP contribution is -2.30. The molecule has 0 aliphatic heterocycles. The fourth-order valence-corrected chi connectivity index (χ4v) is 3.40. The minimum absolute atomic E-state index is 0.186. The first kappa shape index (κ1) is 18.3. The molecule has 0 radical (unpaired) electrons. The third kappa shape index (κ3) is 3.92. The van der Waals surface area contributed by atoms with E-state index < -0.39 is 0 Å². The third-order valence-electron chi connectivity index (χ3n) is 4.59. The molecule has 5 heteroatoms. The summed E-state index contributed by atoms with van der Waals surface area (Å²) in [5.41, 5.74) is 3.82. The molecule has 0 unspecified atom stereocenters. The molecule has 0 aliphatic carbocycles. The Balaban J connectivity index is 1.69. The highest BCUT2D eigenvalue weighted by molar-refractivity contribution is 6.30. The number of hydrogen-bond donors (Lipinski definition) is 0. The molecule has 0 spiro atoms. The van der Waals surface area contributed by atoms with Crippen LogP contribution in [-0.2, 0) is 13.1 Å². The second-order valence-electron chi connectivity index (χ2n) is 6.76. The zero-order valence-electron chi connectivity index (χ0n) is 15.4. The Morgan fingerprint density at radius 1 is 1.04 bits per heavy atom. The van der Waals surface area contributed by atoms with Crippen LogP contribution in [0.25, 0.3) is 10.9 Å². The lowest BCUT2D eigenvalue weighted by molar-refractivity contribution is 0.0697. The predicted octanol–water partition coefficient (Wildman–Crippen LogP) is 5.63. The summed E-state index contributed by atoms with van der Waals surface area (Å²) >= 11 is 6.45. The number of benzene rings is 2. The van der Waals surface area contributed by atoms with E-state index in [1.54, 1.807) is 17.0 Å². The fraction of sp³-hybridized carbons (Fsp3) is 0.130. The summed E-state index contributed by atoms with van der Waals surface area (Å²) in [5, 5.41) is 1.41. The number of amides is 1. The maximum Gasteiger partial charge on any atom is 0.290 e. The molecule has 0 N–H and O–H groups in total. The molecular weight excluding hydrogens is 372 g/mol. The number of halogens is 1. The molecule has 0 atom stereocenters. The Labute approximate surface area is 168 Å². The summed E-state index contributed by atoms with van der Waals surface area (Å²) in [6.45, 7) is 2.82. The van der Waals surface area contributed by atoms with Crippen molar-refractivity contribution in [3.8, 4) is 0 Å². The van der Waals surface area contributed by atoms with Gasteiger partial charge in [-0.3, -0.25) is 4.79 Å². The van der Waals surface area contributed by atoms with Gasteiger partial charge in [-0.25, -0.2) is 4.98 Å². The summed E-state index contributed by atoms with van der Waals surface area (Å²) in [6, 6.07) is 21.3. The maximum absolute atomic E-state index is 13.0. The van der Waals surface area contributed by atoms with Crippen LogP contribution in [0, 0.1) is 6.92 Å². The highest BCUT2D eigenvalue weighted by Crippen LogP contribution is 2.24. The third-order valence-corrected chi connectivity index (χ3v) is 4.92. The van der Waals surface area contributed by atoms with Crippen molar-refractivity contribution in [3.05, 3.63) is 101 Å². The minimum atomic E-state index is -0.186. The van der Waals surface area contributed by atoms with Gasteiger partial charge in [-0.2, -0.15) is 0 Å². The monoisotopic (exact) mass is 390 g/mol. The van der Waals surface area contributed by atoms with Gasteiger partial charge >= 0.3 is 0 Å². The predicted molar refractivity (Wildman–Crippen MR) is 110 cm³/mol. The molecule has 140 valence electrons. The number of carbonyl (C=O) groups is 1. The van der Waals surface area contributed by atoms with E-state index in [0.29, 0.717) is 24.0 Å². The summed E-state index contributed by atoms with van der Waals surface area (Å²) < 4.78 is 5.33. The Bertz CT molecular complexity index is 1110. The van der Waals surface area contributed by atoms with E-state index >= 15 is 0 Å². The lowest BCUT2D eigenvalue weighted by Gasteiger charge is -2.22. The molecular formula is C23H19ClN2O2. The number of fused-ring (bicyclic) bond motifs is 1. The lowest BCUT2D eigenvalue weighted by atomic mass is 10.1. The minimum Gasteiger partial charge on any atom is -0.459 e. The summed E-state index contributed by atoms with van der Waals surface area (Å²) in [7, 11) is 0. The number of rotatable bonds is 5. The number of aryl methyl sites for hydroxylation is 1. The van der Waals surface area contributed by atoms with Crippen molar-refractivity contribution in [1.82, 2.24) is 9.88 Å². The molecule has 2 aromatic carbocycles. The number of nitrogens with zero attached hydrogens (tertiary/aromatic N) is 2. The SMILES string of the molecule is Cc1ccc2nc(Cl)c(CN(Cc3ccccc3)C(=O)c3ccco3)cc2c1. The van der Waals surface area contributed by atoms with Crippen LogP contribution in [0.2, 0.25) is 5.15 Å². The molecule has 4 rings (SSSR count). The molecule has 2 heterocycles. The number of aromatic nitrogens is 1. The van der Waals surface area contributed by atoms with Crippen LogP contribution in [0.4, 0.5) is 0 Å². The van der Waals surface area contributed by atoms with Gasteiger partial charge in [0, 0.05) is 24.0 Å². The first-order chi connectivity index (χ1) is 13.6. The molecule has 28 heavy (non-hydrogen) atoms. The molecule has 0 bridgehead atoms. The summed E-state index contributed by atoms with van der Waals surface area (Å²) in [6.07, 6.45) is 1.50. The molecule has 0 aliphatic rings. The van der Waals surface area contributed by atoms with Crippen molar-refractivity contribution in [1.29, 1.82) is 0 Å². The molecule has 0 saturated heterocycles. The number of pyridine rings is 1. The Hall–Kier alpha value is -3.11. The normalized spacial score (nSPS) is 10.9. The topological polar surface area (TPSA) is 46.3 Å². The zero-order chi connectivity index (χ0) is 19.5. The van der Waals surface area contributed by atoms with Crippen molar-refractivity contribution in [3.63, 3.8) is 0 Å². The van der Waals surface area contributed by atoms with Crippen LogP contribution < -0.4 is 0 Å². The van der Waals surface area contributed by atoms with Gasteiger partial charge in [-0.05, 0) is 42.8 Å². The van der Waals surface area contributed by atoms with Crippen molar-refractivity contribution in [2.45, 2.75) is 20.0 Å². The van der Waals surface area contributed by atoms with E-state index in [2.05, 4.69) is 11.1 Å². The highest BCUT2D eigenvalue weighted by Gasteiger charge is 2.20. The zero-order valence-corrected chi connectivity index (χ0v) is 16.2. The van der Waals surface area contributed by atoms with E-state index in [1.807, 2.05) is 55.5 Å². The Morgan fingerprint density at radius 2 is 1.86 bits per heavy atom. The first-order valence-electron chi connectivity index (χ1n) is 9.02. The standard InChI is InChI=1S/C23H19ClN2O2/c1-16-9-10-20-18(12-16)13-19(22(24)25-20)15-26(14-17-6-3-2-4-7-17)23(27)21-8-5-11-28-21/h2-13H,14-15H2,1H3. The van der Waals surface area contributed by atoms with Crippen LogP contribution in [0.15, 0.2) is 77.4 Å². The van der Waals surface area contributed by atoms with Crippen LogP contribution in [0.3, 0.4) is 0 Å². The van der Waals surface area contributed by atoms with Gasteiger partial charge in [0.1, 0.15) is 5.15 Å². The highest BCUT2D eigenvalue weighted by atomic mass is 35.5. The second kappa shape index (κ2) is 7.87. The van der Waals surface area contributed by atoms with Gasteiger partial charge in [0.25, 0.3) is 5.91 Å². The molecule has 4 nitrogen and oxygen atoms in total. The Morgan fingerprint density at radius 3 is 2.61 bits per heavy atom. The molecule has 2 aromatic heterocycles. The van der Waals surface area contributed by atoms with Crippen molar-refractivity contribution >= 4 is 28.4 Å². The molecule has 0 saturated carbocycles. The van der Waals surface area contributed by atoms with Gasteiger partial charge in [0.05, 0.1) is 11.8 Å². The average Bonchev–Trinajstić information content (AvgIpc) is 3.23. The molecule has 4 aromatic rings. The van der Waals surface area contributed by atoms with Gasteiger partial charge in [-0.15, -0.1) is 0 Å². The largest absolute Gasteiger partial charge is 0.459 e. The van der Waals surface area contributed by atoms with Crippen LogP contribution in [0.1, 0.15) is 27.2 Å². The number of hydrogen-bond acceptors (Lipinski definition) is 3. The van der Waals surface area contributed by atoms with Crippen LogP contribution >= 0.6 is 11.6 Å². The van der Waals surface area contributed by atoms with Gasteiger partial charge in [0.15, 0.2) is 5.76 Å².